The average Bonchev–Trinajstić information content (AvgIpc) is 2.37. The molecule has 100 valence electrons. The third-order valence-corrected chi connectivity index (χ3v) is 4.01. The predicted octanol–water partition coefficient (Wildman–Crippen LogP) is 2.49. The van der Waals surface area contributed by atoms with Crippen molar-refractivity contribution in [3.05, 3.63) is 29.4 Å². The van der Waals surface area contributed by atoms with Crippen LogP contribution in [0.4, 0.5) is 5.82 Å². The van der Waals surface area contributed by atoms with Crippen LogP contribution < -0.4 is 4.90 Å². The number of hydrogen-bond acceptors (Lipinski definition) is 4. The third-order valence-electron chi connectivity index (χ3n) is 3.73. The first-order valence-electron chi connectivity index (χ1n) is 6.45. The lowest BCUT2D eigenvalue weighted by atomic mass is 9.82. The number of aliphatic hydroxyl groups excluding tert-OH is 1. The van der Waals surface area contributed by atoms with E-state index in [-0.39, 0.29) is 6.10 Å². The van der Waals surface area contributed by atoms with Gasteiger partial charge >= 0.3 is 0 Å². The van der Waals surface area contributed by atoms with E-state index in [2.05, 4.69) is 15.1 Å². The summed E-state index contributed by atoms with van der Waals surface area (Å²) in [6.45, 7) is 0.886. The quantitative estimate of drug-likeness (QED) is 0.936. The van der Waals surface area contributed by atoms with Crippen LogP contribution >= 0.6 is 11.6 Å². The summed E-state index contributed by atoms with van der Waals surface area (Å²) in [4.78, 5) is 2.10. The van der Waals surface area contributed by atoms with E-state index >= 15 is 0 Å². The second-order valence-corrected chi connectivity index (χ2v) is 5.59. The molecule has 3 rings (SSSR count). The molecule has 1 heterocycles. The number of aromatic nitrogens is 2. The molecule has 1 aliphatic rings. The largest absolute Gasteiger partial charge is 0.393 e. The lowest BCUT2D eigenvalue weighted by Crippen LogP contribution is -2.37. The van der Waals surface area contributed by atoms with E-state index in [1.807, 2.05) is 31.3 Å². The van der Waals surface area contributed by atoms with E-state index in [1.54, 1.807) is 0 Å². The Morgan fingerprint density at radius 2 is 1.95 bits per heavy atom. The van der Waals surface area contributed by atoms with Crippen molar-refractivity contribution in [2.24, 2.45) is 5.92 Å². The van der Waals surface area contributed by atoms with Gasteiger partial charge in [0, 0.05) is 24.4 Å². The fourth-order valence-electron chi connectivity index (χ4n) is 2.66. The van der Waals surface area contributed by atoms with E-state index in [0.29, 0.717) is 11.1 Å². The Kier molecular flexibility index (Phi) is 3.29. The minimum absolute atomic E-state index is 0.119. The Morgan fingerprint density at radius 3 is 2.63 bits per heavy atom. The maximum atomic E-state index is 9.35. The average molecular weight is 278 g/mol. The number of benzene rings is 1. The van der Waals surface area contributed by atoms with Crippen LogP contribution in [0.2, 0.25) is 5.15 Å². The molecule has 2 aromatic rings. The van der Waals surface area contributed by atoms with Crippen LogP contribution in [-0.4, -0.2) is 35.0 Å². The van der Waals surface area contributed by atoms with Gasteiger partial charge < -0.3 is 10.0 Å². The normalized spacial score (nSPS) is 22.3. The van der Waals surface area contributed by atoms with Gasteiger partial charge in [0.05, 0.1) is 6.10 Å². The molecular weight excluding hydrogens is 262 g/mol. The number of hydrogen-bond donors (Lipinski definition) is 1. The van der Waals surface area contributed by atoms with Gasteiger partial charge in [0.2, 0.25) is 0 Å². The van der Waals surface area contributed by atoms with Crippen LogP contribution in [-0.2, 0) is 0 Å². The molecule has 0 saturated heterocycles. The molecule has 0 amide bonds. The molecule has 0 radical (unpaired) electrons. The summed E-state index contributed by atoms with van der Waals surface area (Å²) in [5, 5.41) is 20.0. The van der Waals surface area contributed by atoms with E-state index in [9.17, 15) is 5.11 Å². The topological polar surface area (TPSA) is 49.2 Å². The molecule has 1 aromatic heterocycles. The molecule has 0 spiro atoms. The lowest BCUT2D eigenvalue weighted by Gasteiger charge is -2.34. The first kappa shape index (κ1) is 12.6. The zero-order valence-corrected chi connectivity index (χ0v) is 11.5. The van der Waals surface area contributed by atoms with E-state index < -0.39 is 0 Å². The van der Waals surface area contributed by atoms with Gasteiger partial charge in [-0.2, -0.15) is 0 Å². The number of halogens is 1. The molecule has 0 aliphatic heterocycles. The summed E-state index contributed by atoms with van der Waals surface area (Å²) in [5.74, 6) is 1.39. The van der Waals surface area contributed by atoms with Crippen molar-refractivity contribution in [2.45, 2.75) is 18.9 Å². The smallest absolute Gasteiger partial charge is 0.159 e. The summed E-state index contributed by atoms with van der Waals surface area (Å²) < 4.78 is 0. The van der Waals surface area contributed by atoms with Gasteiger partial charge in [-0.1, -0.05) is 35.9 Å². The molecule has 1 N–H and O–H groups in total. The minimum atomic E-state index is -0.119. The van der Waals surface area contributed by atoms with Crippen LogP contribution in [0.15, 0.2) is 24.3 Å². The molecule has 1 aliphatic carbocycles. The Morgan fingerprint density at radius 1 is 1.26 bits per heavy atom. The van der Waals surface area contributed by atoms with Gasteiger partial charge in [-0.3, -0.25) is 0 Å². The van der Waals surface area contributed by atoms with Crippen LogP contribution in [0.5, 0.6) is 0 Å². The van der Waals surface area contributed by atoms with Gasteiger partial charge in [-0.25, -0.2) is 0 Å². The van der Waals surface area contributed by atoms with Crippen molar-refractivity contribution in [2.75, 3.05) is 18.5 Å². The number of rotatable bonds is 3. The molecule has 0 atom stereocenters. The van der Waals surface area contributed by atoms with E-state index in [0.717, 1.165) is 36.0 Å². The fourth-order valence-corrected chi connectivity index (χ4v) is 2.86. The van der Waals surface area contributed by atoms with Crippen molar-refractivity contribution < 1.29 is 5.11 Å². The van der Waals surface area contributed by atoms with Crippen LogP contribution in [0.25, 0.3) is 10.8 Å². The first-order valence-corrected chi connectivity index (χ1v) is 6.83. The molecule has 0 unspecified atom stereocenters. The van der Waals surface area contributed by atoms with Crippen molar-refractivity contribution >= 4 is 28.2 Å². The van der Waals surface area contributed by atoms with Crippen LogP contribution in [0.1, 0.15) is 12.8 Å². The predicted molar refractivity (Wildman–Crippen MR) is 76.5 cm³/mol. The second kappa shape index (κ2) is 4.94. The fraction of sp³-hybridized carbons (Fsp3) is 0.429. The van der Waals surface area contributed by atoms with Crippen molar-refractivity contribution in [3.63, 3.8) is 0 Å². The maximum absolute atomic E-state index is 9.35. The van der Waals surface area contributed by atoms with Gasteiger partial charge in [0.25, 0.3) is 0 Å². The maximum Gasteiger partial charge on any atom is 0.159 e. The molecule has 19 heavy (non-hydrogen) atoms. The molecule has 4 nitrogen and oxygen atoms in total. The Hall–Kier alpha value is -1.39. The van der Waals surface area contributed by atoms with Crippen molar-refractivity contribution in [1.29, 1.82) is 0 Å². The Labute approximate surface area is 117 Å². The SMILES string of the molecule is CN(CC1CC(O)C1)c1nnc(Cl)c2ccccc12. The molecule has 1 fully saturated rings. The number of nitrogens with zero attached hydrogens (tertiary/aromatic N) is 3. The van der Waals surface area contributed by atoms with Crippen molar-refractivity contribution in [1.82, 2.24) is 10.2 Å². The highest BCUT2D eigenvalue weighted by molar-refractivity contribution is 6.34. The Balaban J connectivity index is 1.89. The van der Waals surface area contributed by atoms with Gasteiger partial charge in [-0.05, 0) is 18.8 Å². The minimum Gasteiger partial charge on any atom is -0.393 e. The van der Waals surface area contributed by atoms with Gasteiger partial charge in [-0.15, -0.1) is 10.2 Å². The van der Waals surface area contributed by atoms with Crippen LogP contribution in [0.3, 0.4) is 0 Å². The summed E-state index contributed by atoms with van der Waals surface area (Å²) >= 11 is 6.07. The standard InChI is InChI=1S/C14H16ClN3O/c1-18(8-9-6-10(19)7-9)14-12-5-3-2-4-11(12)13(15)16-17-14/h2-5,9-10,19H,6-8H2,1H3. The summed E-state index contributed by atoms with van der Waals surface area (Å²) in [7, 11) is 2.01. The zero-order valence-electron chi connectivity index (χ0n) is 10.8. The van der Waals surface area contributed by atoms with Gasteiger partial charge in [0.15, 0.2) is 11.0 Å². The number of fused-ring (bicyclic) bond motifs is 1. The zero-order chi connectivity index (χ0) is 13.4. The molecule has 5 heteroatoms. The number of anilines is 1. The molecular formula is C14H16ClN3O. The van der Waals surface area contributed by atoms with Crippen LogP contribution in [0, 0.1) is 5.92 Å². The monoisotopic (exact) mass is 277 g/mol. The molecule has 1 saturated carbocycles. The van der Waals surface area contributed by atoms with E-state index in [1.165, 1.54) is 0 Å². The summed E-state index contributed by atoms with van der Waals surface area (Å²) in [5.41, 5.74) is 0. The third kappa shape index (κ3) is 2.38. The number of aliphatic hydroxyl groups is 1. The first-order chi connectivity index (χ1) is 9.15. The van der Waals surface area contributed by atoms with E-state index in [4.69, 9.17) is 11.6 Å². The highest BCUT2D eigenvalue weighted by Crippen LogP contribution is 2.31. The molecule has 0 bridgehead atoms. The lowest BCUT2D eigenvalue weighted by molar-refractivity contribution is 0.0464. The highest BCUT2D eigenvalue weighted by atomic mass is 35.5. The van der Waals surface area contributed by atoms with Crippen molar-refractivity contribution in [3.8, 4) is 0 Å². The molecule has 1 aromatic carbocycles. The summed E-state index contributed by atoms with van der Waals surface area (Å²) in [6, 6.07) is 7.89. The Bertz CT molecular complexity index is 598. The highest BCUT2D eigenvalue weighted by Gasteiger charge is 2.28. The second-order valence-electron chi connectivity index (χ2n) is 5.23. The summed E-state index contributed by atoms with van der Waals surface area (Å²) in [6.07, 6.45) is 1.64. The van der Waals surface area contributed by atoms with Gasteiger partial charge in [0.1, 0.15) is 0 Å².